The van der Waals surface area contributed by atoms with Crippen LogP contribution in [-0.2, 0) is 9.53 Å². The van der Waals surface area contributed by atoms with Gasteiger partial charge in [0.05, 0.1) is 22.9 Å². The van der Waals surface area contributed by atoms with Crippen LogP contribution in [0.15, 0.2) is 53.9 Å². The Balaban J connectivity index is 1.56. The molecule has 3 rings (SSSR count). The molecule has 2 aromatic carbocycles. The van der Waals surface area contributed by atoms with Crippen molar-refractivity contribution in [3.63, 3.8) is 0 Å². The lowest BCUT2D eigenvalue weighted by molar-refractivity contribution is -0.119. The molecule has 0 spiro atoms. The van der Waals surface area contributed by atoms with Crippen LogP contribution >= 0.6 is 11.3 Å². The number of nitrogens with one attached hydrogen (secondary N) is 1. The van der Waals surface area contributed by atoms with Gasteiger partial charge in [-0.2, -0.15) is 5.26 Å². The third-order valence-corrected chi connectivity index (χ3v) is 4.21. The van der Waals surface area contributed by atoms with Crippen LogP contribution in [0.2, 0.25) is 0 Å². The standard InChI is InChI=1S/C19H12FN3O3S/c20-15-6-4-13(5-7-15)16-11-27-19(22-16)23-17(24)10-26-18(25)14-3-1-2-12(8-14)9-21/h1-8,11H,10H2,(H,22,23,24). The van der Waals surface area contributed by atoms with E-state index in [0.717, 1.165) is 5.56 Å². The Morgan fingerprint density at radius 1 is 1.22 bits per heavy atom. The second kappa shape index (κ2) is 8.21. The molecule has 8 heteroatoms. The van der Waals surface area contributed by atoms with Crippen LogP contribution in [0.1, 0.15) is 15.9 Å². The first-order chi connectivity index (χ1) is 13.0. The fourth-order valence-corrected chi connectivity index (χ4v) is 2.91. The Morgan fingerprint density at radius 2 is 2.00 bits per heavy atom. The van der Waals surface area contributed by atoms with E-state index in [0.29, 0.717) is 16.4 Å². The third kappa shape index (κ3) is 4.74. The van der Waals surface area contributed by atoms with E-state index in [4.69, 9.17) is 10.00 Å². The van der Waals surface area contributed by atoms with Crippen molar-refractivity contribution in [3.8, 4) is 17.3 Å². The molecule has 0 saturated heterocycles. The number of amides is 1. The van der Waals surface area contributed by atoms with Crippen molar-refractivity contribution in [2.24, 2.45) is 0 Å². The molecule has 27 heavy (non-hydrogen) atoms. The zero-order valence-electron chi connectivity index (χ0n) is 13.8. The second-order valence-corrected chi connectivity index (χ2v) is 6.22. The number of benzene rings is 2. The number of nitrogens with zero attached hydrogens (tertiary/aromatic N) is 2. The molecule has 1 N–H and O–H groups in total. The van der Waals surface area contributed by atoms with Gasteiger partial charge in [-0.05, 0) is 42.5 Å². The van der Waals surface area contributed by atoms with E-state index in [1.54, 1.807) is 29.6 Å². The van der Waals surface area contributed by atoms with E-state index in [-0.39, 0.29) is 11.4 Å². The first-order valence-corrected chi connectivity index (χ1v) is 8.62. The van der Waals surface area contributed by atoms with Crippen LogP contribution in [0.4, 0.5) is 9.52 Å². The molecule has 3 aromatic rings. The van der Waals surface area contributed by atoms with Crippen molar-refractivity contribution in [3.05, 3.63) is 70.9 Å². The number of hydrogen-bond acceptors (Lipinski definition) is 6. The van der Waals surface area contributed by atoms with Crippen LogP contribution in [0, 0.1) is 17.1 Å². The zero-order chi connectivity index (χ0) is 19.2. The second-order valence-electron chi connectivity index (χ2n) is 5.36. The summed E-state index contributed by atoms with van der Waals surface area (Å²) in [5, 5.41) is 13.4. The third-order valence-electron chi connectivity index (χ3n) is 3.45. The lowest BCUT2D eigenvalue weighted by Crippen LogP contribution is -2.20. The lowest BCUT2D eigenvalue weighted by Gasteiger charge is -2.05. The average molecular weight is 381 g/mol. The van der Waals surface area contributed by atoms with Gasteiger partial charge in [-0.1, -0.05) is 6.07 Å². The molecule has 0 aliphatic heterocycles. The highest BCUT2D eigenvalue weighted by molar-refractivity contribution is 7.14. The van der Waals surface area contributed by atoms with Crippen LogP contribution in [0.3, 0.4) is 0 Å². The highest BCUT2D eigenvalue weighted by atomic mass is 32.1. The molecule has 0 fully saturated rings. The molecule has 0 atom stereocenters. The summed E-state index contributed by atoms with van der Waals surface area (Å²) in [6, 6.07) is 13.8. The normalized spacial score (nSPS) is 10.1. The summed E-state index contributed by atoms with van der Waals surface area (Å²) in [6.45, 7) is -0.485. The molecule has 0 aliphatic carbocycles. The molecule has 0 radical (unpaired) electrons. The van der Waals surface area contributed by atoms with Gasteiger partial charge in [0.15, 0.2) is 11.7 Å². The van der Waals surface area contributed by atoms with Crippen LogP contribution < -0.4 is 5.32 Å². The summed E-state index contributed by atoms with van der Waals surface area (Å²) in [5.41, 5.74) is 1.83. The number of anilines is 1. The van der Waals surface area contributed by atoms with Crippen LogP contribution in [0.25, 0.3) is 11.3 Å². The maximum Gasteiger partial charge on any atom is 0.338 e. The highest BCUT2D eigenvalue weighted by Gasteiger charge is 2.13. The minimum Gasteiger partial charge on any atom is -0.452 e. The molecule has 0 saturated carbocycles. The highest BCUT2D eigenvalue weighted by Crippen LogP contribution is 2.24. The minimum atomic E-state index is -0.701. The number of nitriles is 1. The summed E-state index contributed by atoms with van der Waals surface area (Å²) in [7, 11) is 0. The van der Waals surface area contributed by atoms with Gasteiger partial charge in [0.2, 0.25) is 0 Å². The molecule has 0 bridgehead atoms. The molecule has 1 aromatic heterocycles. The fraction of sp³-hybridized carbons (Fsp3) is 0.0526. The summed E-state index contributed by atoms with van der Waals surface area (Å²) >= 11 is 1.20. The maximum absolute atomic E-state index is 13.0. The molecule has 0 aliphatic rings. The average Bonchev–Trinajstić information content (AvgIpc) is 3.15. The Kier molecular flexibility index (Phi) is 5.54. The molecular weight excluding hydrogens is 369 g/mol. The number of hydrogen-bond donors (Lipinski definition) is 1. The number of aromatic nitrogens is 1. The van der Waals surface area contributed by atoms with Crippen molar-refractivity contribution in [2.45, 2.75) is 0 Å². The Morgan fingerprint density at radius 3 is 2.74 bits per heavy atom. The number of carbonyl (C=O) groups is 2. The number of rotatable bonds is 5. The van der Waals surface area contributed by atoms with Crippen LogP contribution in [0.5, 0.6) is 0 Å². The van der Waals surface area contributed by atoms with Gasteiger partial charge in [-0.25, -0.2) is 14.2 Å². The summed E-state index contributed by atoms with van der Waals surface area (Å²) < 4.78 is 17.9. The lowest BCUT2D eigenvalue weighted by atomic mass is 10.1. The summed E-state index contributed by atoms with van der Waals surface area (Å²) in [6.07, 6.45) is 0. The van der Waals surface area contributed by atoms with Crippen molar-refractivity contribution < 1.29 is 18.7 Å². The number of esters is 1. The fourth-order valence-electron chi connectivity index (χ4n) is 2.17. The van der Waals surface area contributed by atoms with Crippen LogP contribution in [-0.4, -0.2) is 23.5 Å². The van der Waals surface area contributed by atoms with Gasteiger partial charge in [0, 0.05) is 10.9 Å². The van der Waals surface area contributed by atoms with E-state index in [1.807, 2.05) is 6.07 Å². The Labute approximate surface area is 157 Å². The number of ether oxygens (including phenoxy) is 1. The topological polar surface area (TPSA) is 92.1 Å². The van der Waals surface area contributed by atoms with E-state index in [1.165, 1.54) is 35.6 Å². The smallest absolute Gasteiger partial charge is 0.338 e. The van der Waals surface area contributed by atoms with Crippen molar-refractivity contribution >= 4 is 28.3 Å². The molecule has 6 nitrogen and oxygen atoms in total. The van der Waals surface area contributed by atoms with Gasteiger partial charge >= 0.3 is 5.97 Å². The van der Waals surface area contributed by atoms with Crippen molar-refractivity contribution in [2.75, 3.05) is 11.9 Å². The van der Waals surface area contributed by atoms with E-state index < -0.39 is 18.5 Å². The largest absolute Gasteiger partial charge is 0.452 e. The quantitative estimate of drug-likeness (QED) is 0.682. The monoisotopic (exact) mass is 381 g/mol. The van der Waals surface area contributed by atoms with E-state index >= 15 is 0 Å². The van der Waals surface area contributed by atoms with Gasteiger partial charge in [0.1, 0.15) is 5.82 Å². The molecular formula is C19H12FN3O3S. The Hall–Kier alpha value is -3.57. The molecule has 134 valence electrons. The van der Waals surface area contributed by atoms with Gasteiger partial charge in [0.25, 0.3) is 5.91 Å². The number of thiazole rings is 1. The maximum atomic E-state index is 13.0. The molecule has 0 unspecified atom stereocenters. The minimum absolute atomic E-state index is 0.190. The Bertz CT molecular complexity index is 1030. The summed E-state index contributed by atoms with van der Waals surface area (Å²) in [4.78, 5) is 28.1. The summed E-state index contributed by atoms with van der Waals surface area (Å²) in [5.74, 6) is -1.59. The SMILES string of the molecule is N#Cc1cccc(C(=O)OCC(=O)Nc2nc(-c3ccc(F)cc3)cs2)c1. The number of carbonyl (C=O) groups excluding carboxylic acids is 2. The predicted molar refractivity (Wildman–Crippen MR) is 97.6 cm³/mol. The van der Waals surface area contributed by atoms with Crippen molar-refractivity contribution in [1.82, 2.24) is 4.98 Å². The zero-order valence-corrected chi connectivity index (χ0v) is 14.6. The van der Waals surface area contributed by atoms with Crippen molar-refractivity contribution in [1.29, 1.82) is 5.26 Å². The number of halogens is 1. The first kappa shape index (κ1) is 18.2. The van der Waals surface area contributed by atoms with Gasteiger partial charge in [-0.3, -0.25) is 10.1 Å². The molecule has 1 heterocycles. The van der Waals surface area contributed by atoms with E-state index in [2.05, 4.69) is 10.3 Å². The van der Waals surface area contributed by atoms with E-state index in [9.17, 15) is 14.0 Å². The van der Waals surface area contributed by atoms with Gasteiger partial charge in [-0.15, -0.1) is 11.3 Å². The van der Waals surface area contributed by atoms with Gasteiger partial charge < -0.3 is 4.74 Å². The predicted octanol–water partition coefficient (Wildman–Crippen LogP) is 3.62. The first-order valence-electron chi connectivity index (χ1n) is 7.74. The molecule has 1 amide bonds.